The molecule has 1 atom stereocenters. The number of nitrogens with one attached hydrogen (secondary N) is 3. The summed E-state index contributed by atoms with van der Waals surface area (Å²) in [6, 6.07) is 8.87. The van der Waals surface area contributed by atoms with Crippen LogP contribution in [0.2, 0.25) is 0 Å². The lowest BCUT2D eigenvalue weighted by Crippen LogP contribution is -2.21. The van der Waals surface area contributed by atoms with Crippen LogP contribution >= 0.6 is 0 Å². The fourth-order valence-corrected chi connectivity index (χ4v) is 4.49. The number of sulfone groups is 1. The average molecular weight is 375 g/mol. The number of anilines is 4. The van der Waals surface area contributed by atoms with Gasteiger partial charge in [0.15, 0.2) is 9.84 Å². The van der Waals surface area contributed by atoms with Gasteiger partial charge in [-0.25, -0.2) is 18.4 Å². The molecule has 3 rings (SSSR count). The molecule has 0 spiro atoms. The lowest BCUT2D eigenvalue weighted by molar-refractivity contribution is -0.114. The van der Waals surface area contributed by atoms with Gasteiger partial charge in [-0.2, -0.15) is 0 Å². The molecule has 2 heterocycles. The second kappa shape index (κ2) is 7.28. The number of benzene rings is 1. The minimum atomic E-state index is -2.95. The van der Waals surface area contributed by atoms with Crippen molar-refractivity contribution >= 4 is 38.8 Å². The normalized spacial score (nSPS) is 18.3. The van der Waals surface area contributed by atoms with E-state index in [0.29, 0.717) is 29.6 Å². The maximum absolute atomic E-state index is 11.6. The summed E-state index contributed by atoms with van der Waals surface area (Å²) >= 11 is 0. The van der Waals surface area contributed by atoms with Crippen LogP contribution in [0.25, 0.3) is 0 Å². The molecule has 138 valence electrons. The molecule has 1 aromatic carbocycles. The number of nitrogens with zero attached hydrogens (tertiary/aromatic N) is 2. The summed E-state index contributed by atoms with van der Waals surface area (Å²) in [5, 5.41) is 9.07. The summed E-state index contributed by atoms with van der Waals surface area (Å²) in [5.41, 5.74) is 1.53. The number of aromatic nitrogens is 2. The van der Waals surface area contributed by atoms with Crippen LogP contribution in [-0.2, 0) is 14.6 Å². The van der Waals surface area contributed by atoms with E-state index in [-0.39, 0.29) is 23.5 Å². The first-order valence-corrected chi connectivity index (χ1v) is 10.1. The van der Waals surface area contributed by atoms with Crippen LogP contribution in [0.3, 0.4) is 0 Å². The highest BCUT2D eigenvalue weighted by atomic mass is 32.2. The Labute approximate surface area is 152 Å². The van der Waals surface area contributed by atoms with Crippen LogP contribution in [0.5, 0.6) is 0 Å². The average Bonchev–Trinajstić information content (AvgIpc) is 2.87. The first-order valence-electron chi connectivity index (χ1n) is 8.26. The molecular weight excluding hydrogens is 354 g/mol. The molecule has 26 heavy (non-hydrogen) atoms. The Morgan fingerprint density at radius 3 is 2.38 bits per heavy atom. The fraction of sp³-hybridized carbons (Fsp3) is 0.353. The Morgan fingerprint density at radius 1 is 1.12 bits per heavy atom. The van der Waals surface area contributed by atoms with E-state index in [2.05, 4.69) is 25.9 Å². The summed E-state index contributed by atoms with van der Waals surface area (Å²) in [6.07, 6.45) is 0.582. The highest BCUT2D eigenvalue weighted by Crippen LogP contribution is 2.21. The number of rotatable bonds is 5. The van der Waals surface area contributed by atoms with Gasteiger partial charge in [0.25, 0.3) is 0 Å². The predicted molar refractivity (Wildman–Crippen MR) is 101 cm³/mol. The van der Waals surface area contributed by atoms with Crippen molar-refractivity contribution in [1.29, 1.82) is 0 Å². The number of carbonyl (C=O) groups is 1. The Balaban J connectivity index is 1.70. The van der Waals surface area contributed by atoms with Crippen LogP contribution < -0.4 is 16.0 Å². The van der Waals surface area contributed by atoms with E-state index < -0.39 is 9.84 Å². The topological polar surface area (TPSA) is 113 Å². The van der Waals surface area contributed by atoms with Gasteiger partial charge >= 0.3 is 0 Å². The molecule has 0 saturated carbocycles. The SMILES string of the molecule is CC(=O)Nc1ccc(Nc2cc(NC3CCS(=O)(=O)C3)nc(C)n2)cc1. The van der Waals surface area contributed by atoms with Gasteiger partial charge in [-0.1, -0.05) is 0 Å². The van der Waals surface area contributed by atoms with Crippen molar-refractivity contribution in [3.63, 3.8) is 0 Å². The quantitative estimate of drug-likeness (QED) is 0.733. The van der Waals surface area contributed by atoms with Gasteiger partial charge in [-0.3, -0.25) is 4.79 Å². The van der Waals surface area contributed by atoms with E-state index in [4.69, 9.17) is 0 Å². The molecule has 0 aliphatic carbocycles. The Morgan fingerprint density at radius 2 is 1.77 bits per heavy atom. The van der Waals surface area contributed by atoms with Crippen molar-refractivity contribution in [2.45, 2.75) is 26.3 Å². The van der Waals surface area contributed by atoms with E-state index >= 15 is 0 Å². The Bertz CT molecular complexity index is 912. The van der Waals surface area contributed by atoms with E-state index in [9.17, 15) is 13.2 Å². The first kappa shape index (κ1) is 18.1. The van der Waals surface area contributed by atoms with Gasteiger partial charge in [0.1, 0.15) is 17.5 Å². The van der Waals surface area contributed by atoms with E-state index in [0.717, 1.165) is 5.69 Å². The minimum absolute atomic E-state index is 0.123. The molecule has 0 radical (unpaired) electrons. The second-order valence-electron chi connectivity index (χ2n) is 6.31. The standard InChI is InChI=1S/C17H21N5O3S/c1-11-18-16(21-14-5-3-13(4-6-14)20-12(2)23)9-17(19-11)22-15-7-8-26(24,25)10-15/h3-6,9,15H,7-8,10H2,1-2H3,(H,20,23)(H2,18,19,21,22). The number of carbonyl (C=O) groups excluding carboxylic acids is 1. The highest BCUT2D eigenvalue weighted by Gasteiger charge is 2.28. The fourth-order valence-electron chi connectivity index (χ4n) is 2.81. The van der Waals surface area contributed by atoms with Crippen molar-refractivity contribution < 1.29 is 13.2 Å². The smallest absolute Gasteiger partial charge is 0.221 e. The largest absolute Gasteiger partial charge is 0.366 e. The van der Waals surface area contributed by atoms with Crippen LogP contribution in [0.15, 0.2) is 30.3 Å². The van der Waals surface area contributed by atoms with Gasteiger partial charge in [0.05, 0.1) is 11.5 Å². The molecule has 2 aromatic rings. The lowest BCUT2D eigenvalue weighted by atomic mass is 10.2. The molecule has 0 bridgehead atoms. The molecule has 1 amide bonds. The maximum atomic E-state index is 11.6. The van der Waals surface area contributed by atoms with Gasteiger partial charge in [-0.15, -0.1) is 0 Å². The monoisotopic (exact) mass is 375 g/mol. The van der Waals surface area contributed by atoms with E-state index in [1.165, 1.54) is 6.92 Å². The number of hydrogen-bond acceptors (Lipinski definition) is 7. The first-order chi connectivity index (χ1) is 12.3. The predicted octanol–water partition coefficient (Wildman–Crippen LogP) is 2.09. The van der Waals surface area contributed by atoms with E-state index in [1.807, 2.05) is 12.1 Å². The Kier molecular flexibility index (Phi) is 5.08. The van der Waals surface area contributed by atoms with Crippen LogP contribution in [0.1, 0.15) is 19.2 Å². The lowest BCUT2D eigenvalue weighted by Gasteiger charge is -2.14. The molecule has 3 N–H and O–H groups in total. The third kappa shape index (κ3) is 4.92. The maximum Gasteiger partial charge on any atom is 0.221 e. The van der Waals surface area contributed by atoms with Crippen molar-refractivity contribution in [3.05, 3.63) is 36.2 Å². The third-order valence-corrected chi connectivity index (χ3v) is 5.67. The molecule has 1 aliphatic heterocycles. The molecule has 9 heteroatoms. The van der Waals surface area contributed by atoms with Crippen molar-refractivity contribution in [3.8, 4) is 0 Å². The summed E-state index contributed by atoms with van der Waals surface area (Å²) in [6.45, 7) is 3.24. The molecule has 1 saturated heterocycles. The molecule has 1 aromatic heterocycles. The molecule has 1 unspecified atom stereocenters. The van der Waals surface area contributed by atoms with Crippen LogP contribution in [-0.4, -0.2) is 41.8 Å². The number of amides is 1. The zero-order valence-corrected chi connectivity index (χ0v) is 15.4. The van der Waals surface area contributed by atoms with Crippen molar-refractivity contribution in [2.75, 3.05) is 27.5 Å². The zero-order chi connectivity index (χ0) is 18.7. The highest BCUT2D eigenvalue weighted by molar-refractivity contribution is 7.91. The third-order valence-electron chi connectivity index (χ3n) is 3.90. The molecule has 1 fully saturated rings. The zero-order valence-electron chi connectivity index (χ0n) is 14.6. The van der Waals surface area contributed by atoms with Crippen LogP contribution in [0.4, 0.5) is 23.0 Å². The number of hydrogen-bond donors (Lipinski definition) is 3. The molecule has 8 nitrogen and oxygen atoms in total. The van der Waals surface area contributed by atoms with Crippen molar-refractivity contribution in [2.24, 2.45) is 0 Å². The van der Waals surface area contributed by atoms with Gasteiger partial charge in [-0.05, 0) is 37.6 Å². The van der Waals surface area contributed by atoms with Gasteiger partial charge in [0.2, 0.25) is 5.91 Å². The van der Waals surface area contributed by atoms with Gasteiger partial charge in [0, 0.05) is 30.4 Å². The van der Waals surface area contributed by atoms with E-state index in [1.54, 1.807) is 25.1 Å². The number of aryl methyl sites for hydroxylation is 1. The van der Waals surface area contributed by atoms with Crippen molar-refractivity contribution in [1.82, 2.24) is 9.97 Å². The van der Waals surface area contributed by atoms with Gasteiger partial charge < -0.3 is 16.0 Å². The molecule has 1 aliphatic rings. The second-order valence-corrected chi connectivity index (χ2v) is 8.54. The molecular formula is C17H21N5O3S. The summed E-state index contributed by atoms with van der Waals surface area (Å²) in [5.74, 6) is 1.99. The van der Waals surface area contributed by atoms with Crippen LogP contribution in [0, 0.1) is 6.92 Å². The summed E-state index contributed by atoms with van der Waals surface area (Å²) in [4.78, 5) is 19.7. The summed E-state index contributed by atoms with van der Waals surface area (Å²) in [7, 11) is -2.95. The Hall–Kier alpha value is -2.68. The minimum Gasteiger partial charge on any atom is -0.366 e. The summed E-state index contributed by atoms with van der Waals surface area (Å²) < 4.78 is 23.2.